The number of para-hydroxylation sites is 1. The van der Waals surface area contributed by atoms with E-state index in [1.54, 1.807) is 6.20 Å². The number of hydrogen-bond donors (Lipinski definition) is 1. The van der Waals surface area contributed by atoms with Gasteiger partial charge in [0.25, 0.3) is 0 Å². The molecule has 0 aliphatic carbocycles. The zero-order chi connectivity index (χ0) is 9.97. The minimum absolute atomic E-state index is 0.577. The first-order valence-electron chi connectivity index (χ1n) is 4.37. The van der Waals surface area contributed by atoms with Crippen LogP contribution in [0.25, 0.3) is 10.9 Å². The van der Waals surface area contributed by atoms with Crippen LogP contribution in [0.2, 0.25) is 0 Å². The van der Waals surface area contributed by atoms with E-state index in [2.05, 4.69) is 4.98 Å². The lowest BCUT2D eigenvalue weighted by Gasteiger charge is -2.04. The Morgan fingerprint density at radius 2 is 2.14 bits per heavy atom. The fourth-order valence-electron chi connectivity index (χ4n) is 1.35. The van der Waals surface area contributed by atoms with Crippen molar-refractivity contribution in [2.45, 2.75) is 6.04 Å². The summed E-state index contributed by atoms with van der Waals surface area (Å²) in [5, 5.41) is 1.00. The molecule has 1 unspecified atom stereocenters. The fraction of sp³-hybridized carbons (Fsp3) is 0.0909. The van der Waals surface area contributed by atoms with Crippen LogP contribution in [0.15, 0.2) is 36.5 Å². The van der Waals surface area contributed by atoms with Gasteiger partial charge in [-0.3, -0.25) is 4.98 Å². The average molecular weight is 186 g/mol. The molecular weight excluding hydrogens is 176 g/mol. The molecule has 2 rings (SSSR count). The third-order valence-electron chi connectivity index (χ3n) is 2.14. The third kappa shape index (κ3) is 1.49. The average Bonchev–Trinajstić information content (AvgIpc) is 2.27. The predicted octanol–water partition coefficient (Wildman–Crippen LogP) is 1.43. The van der Waals surface area contributed by atoms with Gasteiger partial charge in [-0.15, -0.1) is 0 Å². The maximum atomic E-state index is 10.5. The first kappa shape index (κ1) is 8.84. The Labute approximate surface area is 81.6 Å². The van der Waals surface area contributed by atoms with E-state index < -0.39 is 6.04 Å². The summed E-state index contributed by atoms with van der Waals surface area (Å²) in [5.41, 5.74) is 7.24. The second kappa shape index (κ2) is 3.55. The standard InChI is InChI=1S/C11H10N2O/c12-10(7-14)9-5-8-3-1-2-4-11(8)13-6-9/h1-7,10H,12H2. The summed E-state index contributed by atoms with van der Waals surface area (Å²) < 4.78 is 0. The molecule has 0 bridgehead atoms. The molecule has 0 fully saturated rings. The van der Waals surface area contributed by atoms with Crippen molar-refractivity contribution in [3.05, 3.63) is 42.1 Å². The summed E-state index contributed by atoms with van der Waals surface area (Å²) in [6.45, 7) is 0. The second-order valence-electron chi connectivity index (χ2n) is 3.12. The van der Waals surface area contributed by atoms with Crippen LogP contribution in [0.1, 0.15) is 11.6 Å². The van der Waals surface area contributed by atoms with E-state index in [1.807, 2.05) is 30.3 Å². The van der Waals surface area contributed by atoms with Gasteiger partial charge in [0.05, 0.1) is 11.6 Å². The third-order valence-corrected chi connectivity index (χ3v) is 2.14. The van der Waals surface area contributed by atoms with Crippen LogP contribution in [-0.2, 0) is 4.79 Å². The van der Waals surface area contributed by atoms with E-state index in [0.717, 1.165) is 16.5 Å². The van der Waals surface area contributed by atoms with E-state index in [4.69, 9.17) is 5.73 Å². The number of hydrogen-bond acceptors (Lipinski definition) is 3. The summed E-state index contributed by atoms with van der Waals surface area (Å²) in [6, 6.07) is 9.04. The van der Waals surface area contributed by atoms with Crippen molar-refractivity contribution < 1.29 is 4.79 Å². The molecule has 2 aromatic rings. The molecule has 1 heterocycles. The Kier molecular flexibility index (Phi) is 2.24. The van der Waals surface area contributed by atoms with Crippen LogP contribution in [0.4, 0.5) is 0 Å². The number of carbonyl (C=O) groups excluding carboxylic acids is 1. The van der Waals surface area contributed by atoms with Crippen molar-refractivity contribution in [1.82, 2.24) is 4.98 Å². The molecule has 3 heteroatoms. The van der Waals surface area contributed by atoms with Crippen molar-refractivity contribution >= 4 is 17.2 Å². The Hall–Kier alpha value is -1.74. The van der Waals surface area contributed by atoms with E-state index in [-0.39, 0.29) is 0 Å². The number of aldehydes is 1. The summed E-state index contributed by atoms with van der Waals surface area (Å²) in [4.78, 5) is 14.7. The second-order valence-corrected chi connectivity index (χ2v) is 3.12. The lowest BCUT2D eigenvalue weighted by atomic mass is 10.1. The highest BCUT2D eigenvalue weighted by Crippen LogP contribution is 2.15. The highest BCUT2D eigenvalue weighted by atomic mass is 16.1. The van der Waals surface area contributed by atoms with E-state index in [0.29, 0.717) is 6.29 Å². The van der Waals surface area contributed by atoms with Gasteiger partial charge in [-0.25, -0.2) is 0 Å². The summed E-state index contributed by atoms with van der Waals surface area (Å²) >= 11 is 0. The number of carbonyl (C=O) groups is 1. The fourth-order valence-corrected chi connectivity index (χ4v) is 1.35. The maximum absolute atomic E-state index is 10.5. The molecule has 0 amide bonds. The van der Waals surface area contributed by atoms with Crippen molar-refractivity contribution in [2.75, 3.05) is 0 Å². The van der Waals surface area contributed by atoms with Crippen molar-refractivity contribution in [1.29, 1.82) is 0 Å². The molecule has 0 aliphatic rings. The van der Waals surface area contributed by atoms with Gasteiger partial charge in [0.1, 0.15) is 6.29 Å². The van der Waals surface area contributed by atoms with E-state index in [1.165, 1.54) is 0 Å². The van der Waals surface area contributed by atoms with Gasteiger partial charge in [0, 0.05) is 11.6 Å². The molecule has 3 nitrogen and oxygen atoms in total. The largest absolute Gasteiger partial charge is 0.318 e. The highest BCUT2D eigenvalue weighted by Gasteiger charge is 2.04. The topological polar surface area (TPSA) is 56.0 Å². The number of nitrogens with two attached hydrogens (primary N) is 1. The minimum atomic E-state index is -0.577. The zero-order valence-electron chi connectivity index (χ0n) is 7.55. The normalized spacial score (nSPS) is 12.6. The monoisotopic (exact) mass is 186 g/mol. The van der Waals surface area contributed by atoms with Gasteiger partial charge < -0.3 is 10.5 Å². The number of rotatable bonds is 2. The maximum Gasteiger partial charge on any atom is 0.141 e. The van der Waals surface area contributed by atoms with E-state index >= 15 is 0 Å². The number of aromatic nitrogens is 1. The predicted molar refractivity (Wildman–Crippen MR) is 54.7 cm³/mol. The van der Waals surface area contributed by atoms with Gasteiger partial charge in [-0.1, -0.05) is 18.2 Å². The Balaban J connectivity index is 2.56. The van der Waals surface area contributed by atoms with Crippen LogP contribution in [-0.4, -0.2) is 11.3 Å². The molecule has 2 N–H and O–H groups in total. The van der Waals surface area contributed by atoms with Crippen molar-refractivity contribution in [3.63, 3.8) is 0 Å². The van der Waals surface area contributed by atoms with Gasteiger partial charge >= 0.3 is 0 Å². The molecular formula is C11H10N2O. The molecule has 0 spiro atoms. The number of fused-ring (bicyclic) bond motifs is 1. The molecule has 0 aliphatic heterocycles. The molecule has 0 saturated heterocycles. The minimum Gasteiger partial charge on any atom is -0.318 e. The Bertz CT molecular complexity index is 468. The molecule has 0 saturated carbocycles. The van der Waals surface area contributed by atoms with Gasteiger partial charge in [-0.2, -0.15) is 0 Å². The van der Waals surface area contributed by atoms with Crippen LogP contribution >= 0.6 is 0 Å². The quantitative estimate of drug-likeness (QED) is 0.722. The van der Waals surface area contributed by atoms with Gasteiger partial charge in [0.15, 0.2) is 0 Å². The van der Waals surface area contributed by atoms with Crippen molar-refractivity contribution in [2.24, 2.45) is 5.73 Å². The molecule has 70 valence electrons. The van der Waals surface area contributed by atoms with Crippen molar-refractivity contribution in [3.8, 4) is 0 Å². The summed E-state index contributed by atoms with van der Waals surface area (Å²) in [7, 11) is 0. The Morgan fingerprint density at radius 3 is 2.93 bits per heavy atom. The molecule has 1 aromatic heterocycles. The number of pyridine rings is 1. The molecule has 1 atom stereocenters. The smallest absolute Gasteiger partial charge is 0.141 e. The summed E-state index contributed by atoms with van der Waals surface area (Å²) in [6.07, 6.45) is 2.35. The SMILES string of the molecule is NC(C=O)c1cnc2ccccc2c1. The summed E-state index contributed by atoms with van der Waals surface area (Å²) in [5.74, 6) is 0. The molecule has 1 aromatic carbocycles. The first-order valence-corrected chi connectivity index (χ1v) is 4.37. The van der Waals surface area contributed by atoms with E-state index in [9.17, 15) is 4.79 Å². The van der Waals surface area contributed by atoms with Gasteiger partial charge in [-0.05, 0) is 17.7 Å². The molecule has 0 radical (unpaired) electrons. The number of benzene rings is 1. The zero-order valence-corrected chi connectivity index (χ0v) is 7.55. The number of nitrogens with zero attached hydrogens (tertiary/aromatic N) is 1. The van der Waals surface area contributed by atoms with Crippen LogP contribution in [0.5, 0.6) is 0 Å². The highest BCUT2D eigenvalue weighted by molar-refractivity contribution is 5.79. The van der Waals surface area contributed by atoms with Crippen LogP contribution in [0, 0.1) is 0 Å². The lowest BCUT2D eigenvalue weighted by molar-refractivity contribution is -0.109. The van der Waals surface area contributed by atoms with Gasteiger partial charge in [0.2, 0.25) is 0 Å². The Morgan fingerprint density at radius 1 is 1.36 bits per heavy atom. The van der Waals surface area contributed by atoms with Crippen LogP contribution in [0.3, 0.4) is 0 Å². The van der Waals surface area contributed by atoms with Crippen LogP contribution < -0.4 is 5.73 Å². The first-order chi connectivity index (χ1) is 6.81. The lowest BCUT2D eigenvalue weighted by Crippen LogP contribution is -2.11. The molecule has 14 heavy (non-hydrogen) atoms.